The van der Waals surface area contributed by atoms with Gasteiger partial charge in [-0.25, -0.2) is 4.79 Å². The Morgan fingerprint density at radius 1 is 1.03 bits per heavy atom. The van der Waals surface area contributed by atoms with Crippen molar-refractivity contribution in [1.29, 1.82) is 0 Å². The first-order chi connectivity index (χ1) is 17.0. The molecule has 4 aliphatic carbocycles. The third-order valence-corrected chi connectivity index (χ3v) is 8.14. The molecule has 2 aromatic rings. The average Bonchev–Trinajstić information content (AvgIpc) is 2.86. The molecular formula is C30H36O5. The minimum absolute atomic E-state index is 0.170. The lowest BCUT2D eigenvalue weighted by Gasteiger charge is -2.57. The first kappa shape index (κ1) is 24.1. The summed E-state index contributed by atoms with van der Waals surface area (Å²) < 4.78 is 22.3. The Balaban J connectivity index is 1.32. The highest BCUT2D eigenvalue weighted by Gasteiger charge is 2.52. The number of carbonyl (C=O) groups is 1. The van der Waals surface area contributed by atoms with Gasteiger partial charge in [0.25, 0.3) is 0 Å². The smallest absolute Gasteiger partial charge is 0.342 e. The summed E-state index contributed by atoms with van der Waals surface area (Å²) in [7, 11) is 1.63. The third kappa shape index (κ3) is 5.46. The van der Waals surface area contributed by atoms with Crippen LogP contribution >= 0.6 is 0 Å². The van der Waals surface area contributed by atoms with E-state index >= 15 is 0 Å². The molecule has 4 saturated carbocycles. The maximum Gasteiger partial charge on any atom is 0.342 e. The zero-order valence-corrected chi connectivity index (χ0v) is 20.8. The Morgan fingerprint density at radius 2 is 1.71 bits per heavy atom. The fourth-order valence-electron chi connectivity index (χ4n) is 6.88. The van der Waals surface area contributed by atoms with Gasteiger partial charge in [0.15, 0.2) is 13.1 Å². The van der Waals surface area contributed by atoms with Gasteiger partial charge in [-0.15, -0.1) is 0 Å². The Bertz CT molecular complexity index is 1010. The molecule has 0 saturated heterocycles. The molecule has 0 heterocycles. The summed E-state index contributed by atoms with van der Waals surface area (Å²) in [6.45, 7) is 2.03. The van der Waals surface area contributed by atoms with Gasteiger partial charge in [0, 0.05) is 12.7 Å². The minimum Gasteiger partial charge on any atom is -0.467 e. The number of carbonyl (C=O) groups excluding carboxylic acids is 1. The van der Waals surface area contributed by atoms with Gasteiger partial charge in [-0.1, -0.05) is 30.3 Å². The first-order valence-corrected chi connectivity index (χ1v) is 12.9. The summed E-state index contributed by atoms with van der Waals surface area (Å²) in [5.41, 5.74) is 3.28. The van der Waals surface area contributed by atoms with Crippen LogP contribution in [0.4, 0.5) is 0 Å². The van der Waals surface area contributed by atoms with Crippen LogP contribution in [-0.4, -0.2) is 26.2 Å². The van der Waals surface area contributed by atoms with E-state index in [1.54, 1.807) is 19.2 Å². The molecule has 1 unspecified atom stereocenters. The molecule has 2 aromatic carbocycles. The average molecular weight is 477 g/mol. The monoisotopic (exact) mass is 476 g/mol. The molecule has 35 heavy (non-hydrogen) atoms. The maximum atomic E-state index is 12.2. The number of allylic oxidation sites excluding steroid dienone is 1. The number of benzene rings is 2. The first-order valence-electron chi connectivity index (χ1n) is 12.9. The predicted octanol–water partition coefficient (Wildman–Crippen LogP) is 6.41. The standard InChI is InChI=1S/C30H36O5/c1-21(32-2)34-20-35-28-11-10-22(7-6-12-33-29(31)26-8-4-3-5-9-26)16-27(28)30-17-23-13-24(18-30)15-25(14-23)19-30/h3-6,8-12,16,21,23-25H,7,13-15,17-20H2,1-2H3. The summed E-state index contributed by atoms with van der Waals surface area (Å²) in [6, 6.07) is 15.6. The van der Waals surface area contributed by atoms with Gasteiger partial charge in [0.2, 0.25) is 0 Å². The zero-order chi connectivity index (χ0) is 24.3. The molecule has 0 aromatic heterocycles. The van der Waals surface area contributed by atoms with Crippen molar-refractivity contribution in [3.05, 3.63) is 77.6 Å². The van der Waals surface area contributed by atoms with E-state index in [1.807, 2.05) is 31.2 Å². The molecular weight excluding hydrogens is 440 g/mol. The molecule has 0 aliphatic heterocycles. The Morgan fingerprint density at radius 3 is 2.37 bits per heavy atom. The van der Waals surface area contributed by atoms with Crippen LogP contribution in [0.5, 0.6) is 5.75 Å². The van der Waals surface area contributed by atoms with Crippen molar-refractivity contribution in [2.24, 2.45) is 17.8 Å². The van der Waals surface area contributed by atoms with Crippen molar-refractivity contribution in [2.45, 2.75) is 63.6 Å². The number of rotatable bonds is 10. The van der Waals surface area contributed by atoms with Crippen molar-refractivity contribution in [2.75, 3.05) is 13.9 Å². The summed E-state index contributed by atoms with van der Waals surface area (Å²) in [5.74, 6) is 3.13. The van der Waals surface area contributed by atoms with Crippen LogP contribution < -0.4 is 4.74 Å². The molecule has 0 radical (unpaired) electrons. The molecule has 5 heteroatoms. The minimum atomic E-state index is -0.342. The van der Waals surface area contributed by atoms with Crippen LogP contribution in [0.25, 0.3) is 0 Å². The highest BCUT2D eigenvalue weighted by atomic mass is 16.7. The normalized spacial score (nSPS) is 27.8. The quantitative estimate of drug-likeness (QED) is 0.225. The summed E-state index contributed by atoms with van der Waals surface area (Å²) in [5, 5.41) is 0. The molecule has 6 rings (SSSR count). The van der Waals surface area contributed by atoms with Gasteiger partial charge in [0.05, 0.1) is 11.8 Å². The summed E-state index contributed by atoms with van der Waals surface area (Å²) >= 11 is 0. The van der Waals surface area contributed by atoms with E-state index in [0.717, 1.165) is 23.5 Å². The highest BCUT2D eigenvalue weighted by molar-refractivity contribution is 5.89. The maximum absolute atomic E-state index is 12.2. The van der Waals surface area contributed by atoms with Gasteiger partial charge >= 0.3 is 5.97 Å². The Hall–Kier alpha value is -2.63. The fraction of sp³-hybridized carbons (Fsp3) is 0.500. The predicted molar refractivity (Wildman–Crippen MR) is 134 cm³/mol. The Kier molecular flexibility index (Phi) is 7.26. The molecule has 1 atom stereocenters. The zero-order valence-electron chi connectivity index (χ0n) is 20.8. The summed E-state index contributed by atoms with van der Waals surface area (Å²) in [6.07, 6.45) is 11.8. The van der Waals surface area contributed by atoms with Crippen molar-refractivity contribution >= 4 is 5.97 Å². The second-order valence-electron chi connectivity index (χ2n) is 10.6. The van der Waals surface area contributed by atoms with E-state index in [9.17, 15) is 4.79 Å². The number of hydrogen-bond acceptors (Lipinski definition) is 5. The van der Waals surface area contributed by atoms with E-state index in [4.69, 9.17) is 18.9 Å². The second-order valence-corrected chi connectivity index (χ2v) is 10.6. The van der Waals surface area contributed by atoms with Gasteiger partial charge in [-0.3, -0.25) is 0 Å². The van der Waals surface area contributed by atoms with E-state index in [0.29, 0.717) is 12.0 Å². The summed E-state index contributed by atoms with van der Waals surface area (Å²) in [4.78, 5) is 12.2. The number of ether oxygens (including phenoxy) is 4. The van der Waals surface area contributed by atoms with E-state index < -0.39 is 0 Å². The molecule has 0 spiro atoms. The topological polar surface area (TPSA) is 54.0 Å². The molecule has 186 valence electrons. The van der Waals surface area contributed by atoms with Crippen LogP contribution in [0.15, 0.2) is 60.9 Å². The molecule has 0 N–H and O–H groups in total. The number of hydrogen-bond donors (Lipinski definition) is 0. The largest absolute Gasteiger partial charge is 0.467 e. The van der Waals surface area contributed by atoms with Crippen molar-refractivity contribution in [3.63, 3.8) is 0 Å². The SMILES string of the molecule is COC(C)OCOc1ccc(CC=COC(=O)c2ccccc2)cc1C12CC3CC(CC(C3)C1)C2. The number of esters is 1. The van der Waals surface area contributed by atoms with Crippen molar-refractivity contribution in [3.8, 4) is 5.75 Å². The van der Waals surface area contributed by atoms with Gasteiger partial charge in [-0.2, -0.15) is 0 Å². The molecule has 4 bridgehead atoms. The van der Waals surface area contributed by atoms with Gasteiger partial charge < -0.3 is 18.9 Å². The van der Waals surface area contributed by atoms with E-state index in [1.165, 1.54) is 55.9 Å². The third-order valence-electron chi connectivity index (χ3n) is 8.14. The van der Waals surface area contributed by atoms with Crippen LogP contribution in [0.2, 0.25) is 0 Å². The fourth-order valence-corrected chi connectivity index (χ4v) is 6.88. The van der Waals surface area contributed by atoms with Crippen LogP contribution in [-0.2, 0) is 26.0 Å². The van der Waals surface area contributed by atoms with E-state index in [2.05, 4.69) is 18.2 Å². The lowest BCUT2D eigenvalue weighted by atomic mass is 9.48. The second kappa shape index (κ2) is 10.5. The molecule has 5 nitrogen and oxygen atoms in total. The molecule has 0 amide bonds. The lowest BCUT2D eigenvalue weighted by molar-refractivity contribution is -0.150. The lowest BCUT2D eigenvalue weighted by Crippen LogP contribution is -2.48. The van der Waals surface area contributed by atoms with Gasteiger partial charge in [-0.05, 0) is 105 Å². The molecule has 4 aliphatic rings. The highest BCUT2D eigenvalue weighted by Crippen LogP contribution is 2.62. The van der Waals surface area contributed by atoms with E-state index in [-0.39, 0.29) is 24.5 Å². The van der Waals surface area contributed by atoms with Crippen LogP contribution in [0.1, 0.15) is 66.9 Å². The van der Waals surface area contributed by atoms with Crippen molar-refractivity contribution < 1.29 is 23.7 Å². The van der Waals surface area contributed by atoms with Crippen molar-refractivity contribution in [1.82, 2.24) is 0 Å². The number of methoxy groups -OCH3 is 1. The van der Waals surface area contributed by atoms with Crippen LogP contribution in [0, 0.1) is 17.8 Å². The van der Waals surface area contributed by atoms with Crippen LogP contribution in [0.3, 0.4) is 0 Å². The van der Waals surface area contributed by atoms with Gasteiger partial charge in [0.1, 0.15) is 5.75 Å². The molecule has 4 fully saturated rings. The Labute approximate surface area is 208 Å².